The lowest BCUT2D eigenvalue weighted by atomic mass is 10.1. The minimum atomic E-state index is -0.638. The van der Waals surface area contributed by atoms with Gasteiger partial charge in [0.1, 0.15) is 11.6 Å². The van der Waals surface area contributed by atoms with Gasteiger partial charge in [-0.1, -0.05) is 0 Å². The predicted molar refractivity (Wildman–Crippen MR) is 95.1 cm³/mol. The van der Waals surface area contributed by atoms with Gasteiger partial charge in [0, 0.05) is 24.2 Å². The van der Waals surface area contributed by atoms with Gasteiger partial charge in [-0.2, -0.15) is 0 Å². The third-order valence-electron chi connectivity index (χ3n) is 4.35. The molecule has 1 atom stereocenters. The molecule has 1 aliphatic heterocycles. The average Bonchev–Trinajstić information content (AvgIpc) is 3.08. The molecule has 7 heteroatoms. The van der Waals surface area contributed by atoms with Crippen molar-refractivity contribution < 1.29 is 28.2 Å². The molecule has 1 fully saturated rings. The number of carbonyl (C=O) groups excluding carboxylic acids is 3. The van der Waals surface area contributed by atoms with Crippen molar-refractivity contribution >= 4 is 23.3 Å². The molecule has 0 spiro atoms. The highest BCUT2D eigenvalue weighted by Gasteiger charge is 2.36. The molecule has 2 aromatic rings. The lowest BCUT2D eigenvalue weighted by Crippen LogP contribution is -2.27. The van der Waals surface area contributed by atoms with Crippen molar-refractivity contribution in [3.05, 3.63) is 59.9 Å². The van der Waals surface area contributed by atoms with E-state index >= 15 is 0 Å². The van der Waals surface area contributed by atoms with Crippen molar-refractivity contribution in [1.82, 2.24) is 0 Å². The number of ketones is 1. The largest absolute Gasteiger partial charge is 0.497 e. The van der Waals surface area contributed by atoms with E-state index < -0.39 is 30.1 Å². The summed E-state index contributed by atoms with van der Waals surface area (Å²) in [6.07, 6.45) is 0.0234. The molecular formula is C20H18FNO5. The molecule has 0 radical (unpaired) electrons. The summed E-state index contributed by atoms with van der Waals surface area (Å²) in [4.78, 5) is 37.9. The number of hydrogen-bond acceptors (Lipinski definition) is 5. The first kappa shape index (κ1) is 18.6. The minimum Gasteiger partial charge on any atom is -0.497 e. The van der Waals surface area contributed by atoms with E-state index in [1.165, 1.54) is 17.0 Å². The molecule has 0 bridgehead atoms. The summed E-state index contributed by atoms with van der Waals surface area (Å²) >= 11 is 0. The summed E-state index contributed by atoms with van der Waals surface area (Å²) in [6.45, 7) is -0.258. The predicted octanol–water partition coefficient (Wildman–Crippen LogP) is 2.61. The maximum absolute atomic E-state index is 12.9. The number of rotatable bonds is 6. The normalized spacial score (nSPS) is 16.3. The lowest BCUT2D eigenvalue weighted by molar-refractivity contribution is -0.147. The number of Topliss-reactive ketones (excluding diaryl/α,β-unsaturated/α-hetero) is 1. The van der Waals surface area contributed by atoms with E-state index in [2.05, 4.69) is 0 Å². The molecular weight excluding hydrogens is 353 g/mol. The number of halogens is 1. The van der Waals surface area contributed by atoms with Crippen molar-refractivity contribution in [3.63, 3.8) is 0 Å². The third-order valence-corrected chi connectivity index (χ3v) is 4.35. The molecule has 140 valence electrons. The highest BCUT2D eigenvalue weighted by atomic mass is 19.1. The second-order valence-electron chi connectivity index (χ2n) is 6.14. The maximum Gasteiger partial charge on any atom is 0.311 e. The number of nitrogens with zero attached hydrogens (tertiary/aromatic N) is 1. The number of carbonyl (C=O) groups is 3. The van der Waals surface area contributed by atoms with Crippen LogP contribution in [0.4, 0.5) is 10.1 Å². The summed E-state index contributed by atoms with van der Waals surface area (Å²) in [5.74, 6) is -1.64. The third kappa shape index (κ3) is 4.31. The number of esters is 1. The zero-order chi connectivity index (χ0) is 19.4. The molecule has 3 rings (SSSR count). The van der Waals surface area contributed by atoms with Gasteiger partial charge < -0.3 is 14.4 Å². The van der Waals surface area contributed by atoms with Gasteiger partial charge in [0.2, 0.25) is 5.91 Å². The average molecular weight is 371 g/mol. The van der Waals surface area contributed by atoms with Crippen molar-refractivity contribution in [2.24, 2.45) is 5.92 Å². The second-order valence-corrected chi connectivity index (χ2v) is 6.14. The Hall–Kier alpha value is -3.22. The number of hydrogen-bond donors (Lipinski definition) is 0. The molecule has 0 N–H and O–H groups in total. The zero-order valence-corrected chi connectivity index (χ0v) is 14.7. The topological polar surface area (TPSA) is 72.9 Å². The van der Waals surface area contributed by atoms with Crippen LogP contribution in [0.25, 0.3) is 0 Å². The minimum absolute atomic E-state index is 0.0234. The summed E-state index contributed by atoms with van der Waals surface area (Å²) < 4.78 is 23.0. The highest BCUT2D eigenvalue weighted by molar-refractivity contribution is 6.01. The fourth-order valence-electron chi connectivity index (χ4n) is 2.85. The van der Waals surface area contributed by atoms with Gasteiger partial charge in [-0.3, -0.25) is 14.4 Å². The van der Waals surface area contributed by atoms with E-state index in [0.29, 0.717) is 11.4 Å². The Balaban J connectivity index is 1.56. The number of methoxy groups -OCH3 is 1. The van der Waals surface area contributed by atoms with Crippen molar-refractivity contribution in [3.8, 4) is 5.75 Å². The van der Waals surface area contributed by atoms with Crippen LogP contribution in [0.15, 0.2) is 48.5 Å². The lowest BCUT2D eigenvalue weighted by Gasteiger charge is -2.16. The van der Waals surface area contributed by atoms with Gasteiger partial charge in [0.15, 0.2) is 12.4 Å². The molecule has 0 saturated carbocycles. The Morgan fingerprint density at radius 2 is 1.78 bits per heavy atom. The van der Waals surface area contributed by atoms with Gasteiger partial charge in [-0.25, -0.2) is 4.39 Å². The number of benzene rings is 2. The Kier molecular flexibility index (Phi) is 5.49. The summed E-state index contributed by atoms with van der Waals surface area (Å²) in [6, 6.07) is 11.9. The fourth-order valence-corrected chi connectivity index (χ4v) is 2.85. The number of anilines is 1. The molecule has 0 aromatic heterocycles. The smallest absolute Gasteiger partial charge is 0.311 e. The van der Waals surface area contributed by atoms with E-state index in [0.717, 1.165) is 12.1 Å². The van der Waals surface area contributed by atoms with Crippen LogP contribution in [0, 0.1) is 11.7 Å². The molecule has 2 aromatic carbocycles. The van der Waals surface area contributed by atoms with E-state index in [4.69, 9.17) is 9.47 Å². The van der Waals surface area contributed by atoms with Crippen molar-refractivity contribution in [1.29, 1.82) is 0 Å². The summed E-state index contributed by atoms with van der Waals surface area (Å²) in [7, 11) is 1.55. The maximum atomic E-state index is 12.9. The number of ether oxygens (including phenoxy) is 2. The van der Waals surface area contributed by atoms with Crippen molar-refractivity contribution in [2.45, 2.75) is 6.42 Å². The van der Waals surface area contributed by atoms with Crippen molar-refractivity contribution in [2.75, 3.05) is 25.2 Å². The molecule has 1 aliphatic rings. The van der Waals surface area contributed by atoms with E-state index in [-0.39, 0.29) is 24.4 Å². The molecule has 6 nitrogen and oxygen atoms in total. The van der Waals surface area contributed by atoms with Gasteiger partial charge in [0.25, 0.3) is 0 Å². The molecule has 27 heavy (non-hydrogen) atoms. The standard InChI is InChI=1S/C20H18FNO5/c1-26-17-8-6-16(7-9-17)22-11-14(10-19(22)24)20(25)27-12-18(23)13-2-4-15(21)5-3-13/h2-9,14H,10-12H2,1H3/t14-/m1/s1. The molecule has 1 saturated heterocycles. The number of amides is 1. The Labute approximate surface area is 155 Å². The molecule has 1 heterocycles. The zero-order valence-electron chi connectivity index (χ0n) is 14.7. The molecule has 0 aliphatic carbocycles. The van der Waals surface area contributed by atoms with Crippen LogP contribution in [-0.4, -0.2) is 37.9 Å². The summed E-state index contributed by atoms with van der Waals surface area (Å²) in [5.41, 5.74) is 0.921. The van der Waals surface area contributed by atoms with Crippen LogP contribution in [0.1, 0.15) is 16.8 Å². The van der Waals surface area contributed by atoms with Crippen LogP contribution in [0.3, 0.4) is 0 Å². The first-order valence-corrected chi connectivity index (χ1v) is 8.37. The first-order valence-electron chi connectivity index (χ1n) is 8.37. The van der Waals surface area contributed by atoms with Gasteiger partial charge in [0.05, 0.1) is 13.0 Å². The van der Waals surface area contributed by atoms with Crippen LogP contribution in [0.2, 0.25) is 0 Å². The van der Waals surface area contributed by atoms with Crippen LogP contribution >= 0.6 is 0 Å². The monoisotopic (exact) mass is 371 g/mol. The van der Waals surface area contributed by atoms with Gasteiger partial charge in [-0.15, -0.1) is 0 Å². The molecule has 1 amide bonds. The summed E-state index contributed by atoms with van der Waals surface area (Å²) in [5, 5.41) is 0. The van der Waals surface area contributed by atoms with Gasteiger partial charge >= 0.3 is 5.97 Å². The Morgan fingerprint density at radius 1 is 1.11 bits per heavy atom. The second kappa shape index (κ2) is 7.99. The SMILES string of the molecule is COc1ccc(N2C[C@H](C(=O)OCC(=O)c3ccc(F)cc3)CC2=O)cc1. The van der Waals surface area contributed by atoms with Crippen LogP contribution in [0.5, 0.6) is 5.75 Å². The highest BCUT2D eigenvalue weighted by Crippen LogP contribution is 2.27. The van der Waals surface area contributed by atoms with Crippen LogP contribution < -0.4 is 9.64 Å². The fraction of sp³-hybridized carbons (Fsp3) is 0.250. The van der Waals surface area contributed by atoms with E-state index in [1.807, 2.05) is 0 Å². The van der Waals surface area contributed by atoms with E-state index in [9.17, 15) is 18.8 Å². The van der Waals surface area contributed by atoms with Gasteiger partial charge in [-0.05, 0) is 48.5 Å². The Morgan fingerprint density at radius 3 is 2.41 bits per heavy atom. The van der Waals surface area contributed by atoms with Crippen LogP contribution in [-0.2, 0) is 14.3 Å². The molecule has 0 unspecified atom stereocenters. The quantitative estimate of drug-likeness (QED) is 0.577. The van der Waals surface area contributed by atoms with E-state index in [1.54, 1.807) is 31.4 Å². The Bertz CT molecular complexity index is 848. The first-order chi connectivity index (χ1) is 13.0.